The van der Waals surface area contributed by atoms with Gasteiger partial charge in [0.25, 0.3) is 5.91 Å². The van der Waals surface area contributed by atoms with E-state index in [1.165, 1.54) is 22.5 Å². The van der Waals surface area contributed by atoms with E-state index in [9.17, 15) is 9.59 Å². The van der Waals surface area contributed by atoms with Crippen LogP contribution in [-0.4, -0.2) is 23.8 Å². The number of anilines is 1. The van der Waals surface area contributed by atoms with Gasteiger partial charge in [-0.05, 0) is 56.4 Å². The van der Waals surface area contributed by atoms with Gasteiger partial charge in [0.2, 0.25) is 5.91 Å². The molecule has 1 aromatic carbocycles. The van der Waals surface area contributed by atoms with E-state index in [0.717, 1.165) is 29.0 Å². The first-order valence-corrected chi connectivity index (χ1v) is 9.39. The van der Waals surface area contributed by atoms with Gasteiger partial charge in [-0.2, -0.15) is 0 Å². The molecule has 0 atom stereocenters. The van der Waals surface area contributed by atoms with Gasteiger partial charge in [0.15, 0.2) is 0 Å². The van der Waals surface area contributed by atoms with Crippen molar-refractivity contribution in [2.24, 2.45) is 5.92 Å². The van der Waals surface area contributed by atoms with Crippen LogP contribution in [0.1, 0.15) is 44.8 Å². The fourth-order valence-electron chi connectivity index (χ4n) is 2.85. The van der Waals surface area contributed by atoms with Gasteiger partial charge in [-0.25, -0.2) is 0 Å². The average molecular weight is 356 g/mol. The number of benzene rings is 1. The highest BCUT2D eigenvalue weighted by molar-refractivity contribution is 7.18. The molecule has 1 fully saturated rings. The van der Waals surface area contributed by atoms with Crippen LogP contribution in [-0.2, 0) is 11.3 Å². The maximum atomic E-state index is 12.8. The zero-order chi connectivity index (χ0) is 18.1. The largest absolute Gasteiger partial charge is 0.337 e. The Kier molecular flexibility index (Phi) is 4.95. The summed E-state index contributed by atoms with van der Waals surface area (Å²) >= 11 is 1.36. The Balaban J connectivity index is 1.71. The van der Waals surface area contributed by atoms with Crippen LogP contribution in [0.2, 0.25) is 0 Å². The summed E-state index contributed by atoms with van der Waals surface area (Å²) in [6.07, 6.45) is 1.95. The van der Waals surface area contributed by atoms with E-state index in [2.05, 4.69) is 37.4 Å². The second-order valence-electron chi connectivity index (χ2n) is 6.98. The van der Waals surface area contributed by atoms with Crippen molar-refractivity contribution in [1.29, 1.82) is 0 Å². The SMILES string of the molecule is Cc1ccc(CN(C)C(=O)c2sc(NC(=O)C3CC3)cc2C)c(C)c1. The Labute approximate surface area is 152 Å². The number of rotatable bonds is 5. The number of hydrogen-bond donors (Lipinski definition) is 1. The molecule has 1 aliphatic carbocycles. The second kappa shape index (κ2) is 7.00. The van der Waals surface area contributed by atoms with Crippen LogP contribution in [0, 0.1) is 26.7 Å². The van der Waals surface area contributed by atoms with Gasteiger partial charge in [-0.1, -0.05) is 23.8 Å². The number of aryl methyl sites for hydroxylation is 3. The maximum Gasteiger partial charge on any atom is 0.264 e. The lowest BCUT2D eigenvalue weighted by molar-refractivity contribution is -0.117. The zero-order valence-corrected chi connectivity index (χ0v) is 16.0. The number of hydrogen-bond acceptors (Lipinski definition) is 3. The van der Waals surface area contributed by atoms with Gasteiger partial charge >= 0.3 is 0 Å². The van der Waals surface area contributed by atoms with E-state index in [0.29, 0.717) is 11.4 Å². The quantitative estimate of drug-likeness (QED) is 0.868. The molecule has 0 spiro atoms. The summed E-state index contributed by atoms with van der Waals surface area (Å²) in [4.78, 5) is 27.2. The highest BCUT2D eigenvalue weighted by Gasteiger charge is 2.30. The van der Waals surface area contributed by atoms with Crippen molar-refractivity contribution in [3.63, 3.8) is 0 Å². The van der Waals surface area contributed by atoms with Crippen molar-refractivity contribution in [1.82, 2.24) is 4.90 Å². The average Bonchev–Trinajstić information content (AvgIpc) is 3.34. The summed E-state index contributed by atoms with van der Waals surface area (Å²) in [6, 6.07) is 8.18. The molecule has 2 aromatic rings. The summed E-state index contributed by atoms with van der Waals surface area (Å²) in [5, 5.41) is 3.69. The Bertz CT molecular complexity index is 821. The lowest BCUT2D eigenvalue weighted by Gasteiger charge is -2.18. The Hall–Kier alpha value is -2.14. The first kappa shape index (κ1) is 17.7. The Morgan fingerprint density at radius 3 is 2.52 bits per heavy atom. The van der Waals surface area contributed by atoms with E-state index in [1.54, 1.807) is 4.90 Å². The van der Waals surface area contributed by atoms with Crippen LogP contribution in [0.4, 0.5) is 5.00 Å². The van der Waals surface area contributed by atoms with Gasteiger partial charge in [0.05, 0.1) is 9.88 Å². The number of nitrogens with one attached hydrogen (secondary N) is 1. The van der Waals surface area contributed by atoms with Crippen LogP contribution in [0.5, 0.6) is 0 Å². The van der Waals surface area contributed by atoms with Gasteiger partial charge in [-0.15, -0.1) is 11.3 Å². The normalized spacial score (nSPS) is 13.6. The minimum absolute atomic E-state index is 0.00519. The van der Waals surface area contributed by atoms with Crippen LogP contribution in [0.25, 0.3) is 0 Å². The molecule has 0 unspecified atom stereocenters. The summed E-state index contributed by atoms with van der Waals surface area (Å²) < 4.78 is 0. The van der Waals surface area contributed by atoms with Crippen LogP contribution < -0.4 is 5.32 Å². The maximum absolute atomic E-state index is 12.8. The summed E-state index contributed by atoms with van der Waals surface area (Å²) in [6.45, 7) is 6.63. The topological polar surface area (TPSA) is 49.4 Å². The molecule has 25 heavy (non-hydrogen) atoms. The first-order valence-electron chi connectivity index (χ1n) is 8.58. The third-order valence-electron chi connectivity index (χ3n) is 4.56. The lowest BCUT2D eigenvalue weighted by Crippen LogP contribution is -2.26. The number of carbonyl (C=O) groups is 2. The fourth-order valence-corrected chi connectivity index (χ4v) is 3.92. The molecule has 1 aliphatic rings. The minimum atomic E-state index is -0.00519. The highest BCUT2D eigenvalue weighted by Crippen LogP contribution is 2.33. The van der Waals surface area contributed by atoms with Crippen molar-refractivity contribution in [2.75, 3.05) is 12.4 Å². The number of carbonyl (C=O) groups excluding carboxylic acids is 2. The number of amides is 2. The molecule has 0 radical (unpaired) electrons. The van der Waals surface area contributed by atoms with Gasteiger partial charge in [0.1, 0.15) is 0 Å². The predicted molar refractivity (Wildman–Crippen MR) is 102 cm³/mol. The molecule has 1 N–H and O–H groups in total. The molecule has 1 saturated carbocycles. The monoisotopic (exact) mass is 356 g/mol. The van der Waals surface area contributed by atoms with Crippen molar-refractivity contribution < 1.29 is 9.59 Å². The van der Waals surface area contributed by atoms with Crippen molar-refractivity contribution in [3.8, 4) is 0 Å². The fraction of sp³-hybridized carbons (Fsp3) is 0.400. The van der Waals surface area contributed by atoms with E-state index in [-0.39, 0.29) is 17.7 Å². The molecule has 0 aliphatic heterocycles. The molecule has 0 saturated heterocycles. The minimum Gasteiger partial charge on any atom is -0.337 e. The molecule has 5 heteroatoms. The summed E-state index contributed by atoms with van der Waals surface area (Å²) in [5.74, 6) is 0.229. The first-order chi connectivity index (χ1) is 11.8. The molecule has 4 nitrogen and oxygen atoms in total. The lowest BCUT2D eigenvalue weighted by atomic mass is 10.1. The number of thiophene rings is 1. The smallest absolute Gasteiger partial charge is 0.264 e. The molecule has 2 amide bonds. The van der Waals surface area contributed by atoms with E-state index in [1.807, 2.05) is 20.0 Å². The molecule has 1 heterocycles. The molecule has 1 aromatic heterocycles. The predicted octanol–water partition coefficient (Wildman–Crippen LogP) is 4.29. The third-order valence-corrected chi connectivity index (χ3v) is 5.70. The molecular formula is C20H24N2O2S. The van der Waals surface area contributed by atoms with E-state index >= 15 is 0 Å². The van der Waals surface area contributed by atoms with Crippen molar-refractivity contribution in [2.45, 2.75) is 40.2 Å². The standard InChI is InChI=1S/C20H24N2O2S/c1-12-5-6-16(13(2)9-12)11-22(4)20(24)18-14(3)10-17(25-18)21-19(23)15-7-8-15/h5-6,9-10,15H,7-8,11H2,1-4H3,(H,21,23). The molecular weight excluding hydrogens is 332 g/mol. The van der Waals surface area contributed by atoms with E-state index < -0.39 is 0 Å². The molecule has 132 valence electrons. The van der Waals surface area contributed by atoms with Gasteiger partial charge < -0.3 is 10.2 Å². The Morgan fingerprint density at radius 1 is 1.16 bits per heavy atom. The summed E-state index contributed by atoms with van der Waals surface area (Å²) in [5.41, 5.74) is 4.48. The van der Waals surface area contributed by atoms with Crippen LogP contribution in [0.3, 0.4) is 0 Å². The second-order valence-corrected chi connectivity index (χ2v) is 8.03. The van der Waals surface area contributed by atoms with Gasteiger partial charge in [-0.3, -0.25) is 9.59 Å². The zero-order valence-electron chi connectivity index (χ0n) is 15.2. The molecule has 0 bridgehead atoms. The third kappa shape index (κ3) is 4.10. The van der Waals surface area contributed by atoms with Gasteiger partial charge in [0, 0.05) is 19.5 Å². The van der Waals surface area contributed by atoms with Crippen molar-refractivity contribution in [3.05, 3.63) is 51.4 Å². The summed E-state index contributed by atoms with van der Waals surface area (Å²) in [7, 11) is 1.82. The highest BCUT2D eigenvalue weighted by atomic mass is 32.1. The van der Waals surface area contributed by atoms with Crippen LogP contribution in [0.15, 0.2) is 24.3 Å². The Morgan fingerprint density at radius 2 is 1.88 bits per heavy atom. The van der Waals surface area contributed by atoms with Crippen LogP contribution >= 0.6 is 11.3 Å². The van der Waals surface area contributed by atoms with Crippen molar-refractivity contribution >= 4 is 28.2 Å². The molecule has 3 rings (SSSR count). The number of nitrogens with zero attached hydrogens (tertiary/aromatic N) is 1. The van der Waals surface area contributed by atoms with E-state index in [4.69, 9.17) is 0 Å².